The lowest BCUT2D eigenvalue weighted by atomic mass is 10.2. The van der Waals surface area contributed by atoms with Crippen molar-refractivity contribution in [3.05, 3.63) is 28.8 Å². The second-order valence-electron chi connectivity index (χ2n) is 3.03. The minimum Gasteiger partial charge on any atom is -0.478 e. The molecule has 0 spiro atoms. The van der Waals surface area contributed by atoms with E-state index in [1.165, 1.54) is 11.3 Å². The number of thiazole rings is 1. The van der Waals surface area contributed by atoms with E-state index in [2.05, 4.69) is 4.98 Å². The van der Waals surface area contributed by atoms with Gasteiger partial charge in [0.25, 0.3) is 0 Å². The number of methoxy groups -OCH3 is 1. The molecule has 0 saturated carbocycles. The summed E-state index contributed by atoms with van der Waals surface area (Å²) in [5, 5.41) is 9.67. The fourth-order valence-corrected chi connectivity index (χ4v) is 2.27. The molecular formula is C10H9NO3S. The molecule has 0 saturated heterocycles. The second-order valence-corrected chi connectivity index (χ2v) is 4.14. The largest absolute Gasteiger partial charge is 0.478 e. The Morgan fingerprint density at radius 3 is 3.07 bits per heavy atom. The van der Waals surface area contributed by atoms with Gasteiger partial charge in [0.15, 0.2) is 0 Å². The fraction of sp³-hybridized carbons (Fsp3) is 0.200. The third-order valence-corrected chi connectivity index (χ3v) is 2.94. The van der Waals surface area contributed by atoms with Gasteiger partial charge in [-0.3, -0.25) is 0 Å². The number of benzene rings is 1. The molecule has 4 nitrogen and oxygen atoms in total. The van der Waals surface area contributed by atoms with E-state index in [0.29, 0.717) is 6.61 Å². The van der Waals surface area contributed by atoms with Crippen molar-refractivity contribution >= 4 is 27.5 Å². The predicted octanol–water partition coefficient (Wildman–Crippen LogP) is 2.14. The average Bonchev–Trinajstić information content (AvgIpc) is 2.59. The van der Waals surface area contributed by atoms with E-state index in [1.807, 2.05) is 0 Å². The summed E-state index contributed by atoms with van der Waals surface area (Å²) < 4.78 is 5.84. The van der Waals surface area contributed by atoms with Gasteiger partial charge in [-0.25, -0.2) is 9.78 Å². The Morgan fingerprint density at radius 1 is 1.60 bits per heavy atom. The van der Waals surface area contributed by atoms with Crippen molar-refractivity contribution in [3.8, 4) is 0 Å². The molecule has 78 valence electrons. The lowest BCUT2D eigenvalue weighted by Gasteiger charge is -1.91. The molecule has 1 aromatic heterocycles. The number of fused-ring (bicyclic) bond motifs is 1. The number of aromatic carboxylic acids is 1. The quantitative estimate of drug-likeness (QED) is 0.866. The summed E-state index contributed by atoms with van der Waals surface area (Å²) in [5.74, 6) is -0.918. The van der Waals surface area contributed by atoms with Crippen molar-refractivity contribution in [2.24, 2.45) is 0 Å². The van der Waals surface area contributed by atoms with Crippen LogP contribution in [-0.2, 0) is 11.3 Å². The van der Waals surface area contributed by atoms with Crippen molar-refractivity contribution in [3.63, 3.8) is 0 Å². The first-order chi connectivity index (χ1) is 7.20. The SMILES string of the molecule is COCc1nc2ccc(C(=O)O)cc2s1. The molecule has 0 unspecified atom stereocenters. The number of carboxylic acids is 1. The zero-order chi connectivity index (χ0) is 10.8. The maximum atomic E-state index is 10.7. The van der Waals surface area contributed by atoms with Crippen LogP contribution in [-0.4, -0.2) is 23.2 Å². The maximum Gasteiger partial charge on any atom is 0.335 e. The van der Waals surface area contributed by atoms with Crippen LogP contribution >= 0.6 is 11.3 Å². The monoisotopic (exact) mass is 223 g/mol. The van der Waals surface area contributed by atoms with Gasteiger partial charge >= 0.3 is 5.97 Å². The molecule has 0 aliphatic heterocycles. The van der Waals surface area contributed by atoms with E-state index in [9.17, 15) is 4.79 Å². The van der Waals surface area contributed by atoms with Crippen LogP contribution < -0.4 is 0 Å². The summed E-state index contributed by atoms with van der Waals surface area (Å²) in [7, 11) is 1.61. The van der Waals surface area contributed by atoms with Crippen molar-refractivity contribution in [2.45, 2.75) is 6.61 Å². The van der Waals surface area contributed by atoms with Gasteiger partial charge in [-0.05, 0) is 18.2 Å². The summed E-state index contributed by atoms with van der Waals surface area (Å²) in [6.45, 7) is 0.460. The van der Waals surface area contributed by atoms with Gasteiger partial charge < -0.3 is 9.84 Å². The minimum absolute atomic E-state index is 0.287. The van der Waals surface area contributed by atoms with Gasteiger partial charge in [0, 0.05) is 7.11 Å². The summed E-state index contributed by atoms with van der Waals surface area (Å²) in [6, 6.07) is 4.91. The van der Waals surface area contributed by atoms with Crippen molar-refractivity contribution in [1.29, 1.82) is 0 Å². The minimum atomic E-state index is -0.918. The summed E-state index contributed by atoms with van der Waals surface area (Å²) >= 11 is 1.45. The standard InChI is InChI=1S/C10H9NO3S/c1-14-5-9-11-7-3-2-6(10(12)13)4-8(7)15-9/h2-4H,5H2,1H3,(H,12,13). The Morgan fingerprint density at radius 2 is 2.40 bits per heavy atom. The summed E-state index contributed by atoms with van der Waals surface area (Å²) in [4.78, 5) is 15.0. The van der Waals surface area contributed by atoms with Crippen LogP contribution in [0.3, 0.4) is 0 Å². The Balaban J connectivity index is 2.47. The number of hydrogen-bond acceptors (Lipinski definition) is 4. The zero-order valence-corrected chi connectivity index (χ0v) is 8.87. The van der Waals surface area contributed by atoms with Crippen molar-refractivity contribution in [1.82, 2.24) is 4.98 Å². The Bertz CT molecular complexity index is 506. The third kappa shape index (κ3) is 1.98. The molecule has 0 aliphatic carbocycles. The van der Waals surface area contributed by atoms with E-state index in [0.717, 1.165) is 15.2 Å². The smallest absolute Gasteiger partial charge is 0.335 e. The number of rotatable bonds is 3. The van der Waals surface area contributed by atoms with E-state index in [1.54, 1.807) is 25.3 Å². The molecule has 0 radical (unpaired) electrons. The molecule has 0 fully saturated rings. The highest BCUT2D eigenvalue weighted by Gasteiger charge is 2.07. The highest BCUT2D eigenvalue weighted by molar-refractivity contribution is 7.18. The number of ether oxygens (including phenoxy) is 1. The van der Waals surface area contributed by atoms with Gasteiger partial charge in [-0.15, -0.1) is 11.3 Å². The van der Waals surface area contributed by atoms with Crippen LogP contribution in [0.2, 0.25) is 0 Å². The molecule has 0 atom stereocenters. The van der Waals surface area contributed by atoms with E-state index in [4.69, 9.17) is 9.84 Å². The van der Waals surface area contributed by atoms with Crippen LogP contribution in [0.1, 0.15) is 15.4 Å². The molecular weight excluding hydrogens is 214 g/mol. The first-order valence-corrected chi connectivity index (χ1v) is 5.14. The van der Waals surface area contributed by atoms with Gasteiger partial charge in [-0.1, -0.05) is 0 Å². The predicted molar refractivity (Wildman–Crippen MR) is 57.3 cm³/mol. The average molecular weight is 223 g/mol. The van der Waals surface area contributed by atoms with Gasteiger partial charge in [0.1, 0.15) is 5.01 Å². The topological polar surface area (TPSA) is 59.4 Å². The zero-order valence-electron chi connectivity index (χ0n) is 8.06. The molecule has 1 N–H and O–H groups in total. The normalized spacial score (nSPS) is 10.7. The maximum absolute atomic E-state index is 10.7. The van der Waals surface area contributed by atoms with Crippen LogP contribution in [0.25, 0.3) is 10.2 Å². The van der Waals surface area contributed by atoms with Crippen molar-refractivity contribution in [2.75, 3.05) is 7.11 Å². The van der Waals surface area contributed by atoms with E-state index >= 15 is 0 Å². The number of carboxylic acid groups (broad SMARTS) is 1. The summed E-state index contributed by atoms with van der Waals surface area (Å²) in [5.41, 5.74) is 1.10. The molecule has 1 aromatic carbocycles. The Hall–Kier alpha value is -1.46. The van der Waals surface area contributed by atoms with Gasteiger partial charge in [0.05, 0.1) is 22.4 Å². The first kappa shape index (κ1) is 10.1. The second kappa shape index (κ2) is 3.96. The summed E-state index contributed by atoms with van der Waals surface area (Å²) in [6.07, 6.45) is 0. The van der Waals surface area contributed by atoms with Crippen molar-refractivity contribution < 1.29 is 14.6 Å². The number of aromatic nitrogens is 1. The van der Waals surface area contributed by atoms with Crippen LogP contribution in [0.5, 0.6) is 0 Å². The first-order valence-electron chi connectivity index (χ1n) is 4.32. The van der Waals surface area contributed by atoms with Crippen LogP contribution in [0.15, 0.2) is 18.2 Å². The van der Waals surface area contributed by atoms with Crippen LogP contribution in [0.4, 0.5) is 0 Å². The third-order valence-electron chi connectivity index (χ3n) is 1.95. The molecule has 2 rings (SSSR count). The van der Waals surface area contributed by atoms with Gasteiger partial charge in [0.2, 0.25) is 0 Å². The number of nitrogens with zero attached hydrogens (tertiary/aromatic N) is 1. The molecule has 5 heteroatoms. The Labute approximate surface area is 90.1 Å². The number of hydrogen-bond donors (Lipinski definition) is 1. The van der Waals surface area contributed by atoms with Crippen LogP contribution in [0, 0.1) is 0 Å². The number of carbonyl (C=O) groups is 1. The molecule has 15 heavy (non-hydrogen) atoms. The molecule has 1 heterocycles. The molecule has 0 aliphatic rings. The highest BCUT2D eigenvalue weighted by atomic mass is 32.1. The molecule has 2 aromatic rings. The lowest BCUT2D eigenvalue weighted by molar-refractivity contribution is 0.0697. The molecule has 0 bridgehead atoms. The Kier molecular flexibility index (Phi) is 2.66. The lowest BCUT2D eigenvalue weighted by Crippen LogP contribution is -1.94. The van der Waals surface area contributed by atoms with E-state index in [-0.39, 0.29) is 5.56 Å². The fourth-order valence-electron chi connectivity index (χ4n) is 1.29. The van der Waals surface area contributed by atoms with Gasteiger partial charge in [-0.2, -0.15) is 0 Å². The highest BCUT2D eigenvalue weighted by Crippen LogP contribution is 2.23. The molecule has 0 amide bonds. The van der Waals surface area contributed by atoms with E-state index < -0.39 is 5.97 Å².